The van der Waals surface area contributed by atoms with Crippen LogP contribution in [0.2, 0.25) is 0 Å². The molecule has 1 aliphatic rings. The summed E-state index contributed by atoms with van der Waals surface area (Å²) in [6, 6.07) is 16.3. The first-order chi connectivity index (χ1) is 15.8. The van der Waals surface area contributed by atoms with Crippen molar-refractivity contribution in [2.45, 2.75) is 45.9 Å². The molecule has 1 aliphatic heterocycles. The number of H-pyrrole nitrogens is 1. The van der Waals surface area contributed by atoms with E-state index in [1.54, 1.807) is 0 Å². The first-order valence-corrected chi connectivity index (χ1v) is 11.3. The van der Waals surface area contributed by atoms with Gasteiger partial charge in [-0.2, -0.15) is 0 Å². The fourth-order valence-corrected chi connectivity index (χ4v) is 5.24. The molecule has 5 aromatic rings. The lowest BCUT2D eigenvalue weighted by Gasteiger charge is -2.19. The zero-order valence-corrected chi connectivity index (χ0v) is 18.9. The minimum Gasteiger partial charge on any atom is -0.460 e. The highest BCUT2D eigenvalue weighted by molar-refractivity contribution is 6.30. The standard InChI is InChI=1S/C27H25N3O3/c1-27(2,3)33-20(31)12-13-30-19-11-7-5-9-16(19)21-17-14-28-26(32)23(17)22-15-8-4-6-10-18(15)29-24(22)25(21)30/h4-11,29H,12-14H2,1-3H3,(H,28,32). The van der Waals surface area contributed by atoms with Crippen molar-refractivity contribution in [3.05, 3.63) is 59.7 Å². The number of aromatic nitrogens is 2. The number of carbonyl (C=O) groups excluding carboxylic acids is 2. The summed E-state index contributed by atoms with van der Waals surface area (Å²) in [4.78, 5) is 29.1. The number of benzene rings is 3. The molecule has 0 saturated carbocycles. The van der Waals surface area contributed by atoms with Gasteiger partial charge < -0.3 is 19.6 Å². The zero-order chi connectivity index (χ0) is 22.9. The van der Waals surface area contributed by atoms with Crippen molar-refractivity contribution in [2.24, 2.45) is 0 Å². The minimum atomic E-state index is -0.519. The molecule has 166 valence electrons. The van der Waals surface area contributed by atoms with E-state index in [0.29, 0.717) is 13.1 Å². The number of amides is 1. The van der Waals surface area contributed by atoms with Crippen molar-refractivity contribution < 1.29 is 14.3 Å². The van der Waals surface area contributed by atoms with E-state index in [2.05, 4.69) is 33.1 Å². The number of rotatable bonds is 3. The molecule has 6 heteroatoms. The summed E-state index contributed by atoms with van der Waals surface area (Å²) in [5.74, 6) is -0.258. The van der Waals surface area contributed by atoms with Gasteiger partial charge in [-0.3, -0.25) is 9.59 Å². The van der Waals surface area contributed by atoms with Crippen LogP contribution in [-0.2, 0) is 22.6 Å². The molecule has 1 amide bonds. The van der Waals surface area contributed by atoms with Crippen molar-refractivity contribution >= 4 is 55.5 Å². The molecule has 33 heavy (non-hydrogen) atoms. The third-order valence-electron chi connectivity index (χ3n) is 6.38. The molecule has 0 bridgehead atoms. The maximum absolute atomic E-state index is 13.0. The summed E-state index contributed by atoms with van der Waals surface area (Å²) in [6.45, 7) is 6.63. The average Bonchev–Trinajstić information content (AvgIpc) is 3.42. The Labute approximate surface area is 190 Å². The van der Waals surface area contributed by atoms with Crippen molar-refractivity contribution in [3.63, 3.8) is 0 Å². The van der Waals surface area contributed by atoms with E-state index in [1.807, 2.05) is 51.1 Å². The minimum absolute atomic E-state index is 0.0350. The van der Waals surface area contributed by atoms with Gasteiger partial charge in [0.1, 0.15) is 5.60 Å². The normalized spacial score (nSPS) is 13.8. The smallest absolute Gasteiger partial charge is 0.308 e. The van der Waals surface area contributed by atoms with Crippen molar-refractivity contribution in [3.8, 4) is 0 Å². The highest BCUT2D eigenvalue weighted by atomic mass is 16.6. The van der Waals surface area contributed by atoms with Gasteiger partial charge in [0.25, 0.3) is 5.91 Å². The molecule has 0 spiro atoms. The number of hydrogen-bond acceptors (Lipinski definition) is 3. The lowest BCUT2D eigenvalue weighted by molar-refractivity contribution is -0.155. The van der Waals surface area contributed by atoms with Gasteiger partial charge in [0.15, 0.2) is 0 Å². The fraction of sp³-hybridized carbons (Fsp3) is 0.259. The molecule has 3 aromatic carbocycles. The molecule has 3 heterocycles. The molecule has 6 nitrogen and oxygen atoms in total. The number of carbonyl (C=O) groups is 2. The molecular weight excluding hydrogens is 414 g/mol. The van der Waals surface area contributed by atoms with Crippen LogP contribution in [0.1, 0.15) is 43.1 Å². The van der Waals surface area contributed by atoms with E-state index in [0.717, 1.165) is 54.7 Å². The van der Waals surface area contributed by atoms with Gasteiger partial charge in [-0.15, -0.1) is 0 Å². The average molecular weight is 440 g/mol. The monoisotopic (exact) mass is 439 g/mol. The Balaban J connectivity index is 1.68. The first-order valence-electron chi connectivity index (χ1n) is 11.3. The molecule has 0 saturated heterocycles. The van der Waals surface area contributed by atoms with Crippen molar-refractivity contribution in [1.82, 2.24) is 14.9 Å². The number of hydrogen-bond donors (Lipinski definition) is 2. The van der Waals surface area contributed by atoms with Crippen molar-refractivity contribution in [1.29, 1.82) is 0 Å². The molecule has 2 aromatic heterocycles. The van der Waals surface area contributed by atoms with Gasteiger partial charge in [-0.1, -0.05) is 36.4 Å². The van der Waals surface area contributed by atoms with E-state index >= 15 is 0 Å². The SMILES string of the molecule is CC(C)(C)OC(=O)CCn1c2ccccc2c2c3c(c4c5ccccc5[nH]c4c21)C(=O)NC3. The highest BCUT2D eigenvalue weighted by Crippen LogP contribution is 2.43. The van der Waals surface area contributed by atoms with E-state index in [-0.39, 0.29) is 18.3 Å². The third kappa shape index (κ3) is 2.94. The number of ether oxygens (including phenoxy) is 1. The van der Waals surface area contributed by atoms with Crippen LogP contribution in [-0.4, -0.2) is 27.0 Å². The molecule has 6 rings (SSSR count). The number of aryl methyl sites for hydroxylation is 1. The van der Waals surface area contributed by atoms with Crippen LogP contribution in [0.3, 0.4) is 0 Å². The first kappa shape index (κ1) is 19.9. The molecule has 0 radical (unpaired) electrons. The second-order valence-corrected chi connectivity index (χ2v) is 9.69. The Kier molecular flexibility index (Phi) is 4.12. The van der Waals surface area contributed by atoms with Crippen LogP contribution in [0.15, 0.2) is 48.5 Å². The van der Waals surface area contributed by atoms with Crippen LogP contribution in [0.5, 0.6) is 0 Å². The topological polar surface area (TPSA) is 76.1 Å². The number of nitrogens with one attached hydrogen (secondary N) is 2. The Hall–Kier alpha value is -3.80. The summed E-state index contributed by atoms with van der Waals surface area (Å²) < 4.78 is 7.77. The quantitative estimate of drug-likeness (QED) is 0.369. The number of para-hydroxylation sites is 2. The van der Waals surface area contributed by atoms with Crippen LogP contribution < -0.4 is 5.32 Å². The Morgan fingerprint density at radius 1 is 1.03 bits per heavy atom. The maximum atomic E-state index is 13.0. The Bertz CT molecular complexity index is 1610. The highest BCUT2D eigenvalue weighted by Gasteiger charge is 2.30. The molecular formula is C27H25N3O3. The van der Waals surface area contributed by atoms with E-state index < -0.39 is 5.60 Å². The van der Waals surface area contributed by atoms with Gasteiger partial charge in [0.2, 0.25) is 0 Å². The second-order valence-electron chi connectivity index (χ2n) is 9.69. The molecule has 0 aliphatic carbocycles. The van der Waals surface area contributed by atoms with Gasteiger partial charge in [-0.05, 0) is 38.5 Å². The lowest BCUT2D eigenvalue weighted by Crippen LogP contribution is -2.24. The predicted octanol–water partition coefficient (Wildman–Crippen LogP) is 5.40. The Morgan fingerprint density at radius 2 is 1.76 bits per heavy atom. The van der Waals surface area contributed by atoms with Gasteiger partial charge in [0.05, 0.1) is 23.0 Å². The number of fused-ring (bicyclic) bond motifs is 10. The lowest BCUT2D eigenvalue weighted by atomic mass is 9.97. The number of aromatic amines is 1. The predicted molar refractivity (Wildman–Crippen MR) is 130 cm³/mol. The number of esters is 1. The summed E-state index contributed by atoms with van der Waals surface area (Å²) in [5.41, 5.74) is 5.26. The summed E-state index contributed by atoms with van der Waals surface area (Å²) >= 11 is 0. The van der Waals surface area contributed by atoms with Crippen LogP contribution in [0.25, 0.3) is 43.6 Å². The van der Waals surface area contributed by atoms with Gasteiger partial charge in [-0.25, -0.2) is 0 Å². The second kappa shape index (κ2) is 6.85. The van der Waals surface area contributed by atoms with Crippen molar-refractivity contribution in [2.75, 3.05) is 0 Å². The van der Waals surface area contributed by atoms with E-state index in [1.165, 1.54) is 0 Å². The molecule has 0 unspecified atom stereocenters. The van der Waals surface area contributed by atoms with Gasteiger partial charge in [0, 0.05) is 45.7 Å². The fourth-order valence-electron chi connectivity index (χ4n) is 5.24. The van der Waals surface area contributed by atoms with Crippen LogP contribution in [0.4, 0.5) is 0 Å². The third-order valence-corrected chi connectivity index (χ3v) is 6.38. The largest absolute Gasteiger partial charge is 0.460 e. The molecule has 0 atom stereocenters. The number of nitrogens with zero attached hydrogens (tertiary/aromatic N) is 1. The summed E-state index contributed by atoms with van der Waals surface area (Å²) in [7, 11) is 0. The van der Waals surface area contributed by atoms with Crippen LogP contribution >= 0.6 is 0 Å². The zero-order valence-electron chi connectivity index (χ0n) is 18.9. The molecule has 2 N–H and O–H groups in total. The maximum Gasteiger partial charge on any atom is 0.308 e. The van der Waals surface area contributed by atoms with Gasteiger partial charge >= 0.3 is 5.97 Å². The van der Waals surface area contributed by atoms with Crippen LogP contribution in [0, 0.1) is 0 Å². The van der Waals surface area contributed by atoms with E-state index in [4.69, 9.17) is 4.74 Å². The summed E-state index contributed by atoms with van der Waals surface area (Å²) in [6.07, 6.45) is 0.265. The summed E-state index contributed by atoms with van der Waals surface area (Å²) in [5, 5.41) is 7.18. The Morgan fingerprint density at radius 3 is 2.55 bits per heavy atom. The van der Waals surface area contributed by atoms with E-state index in [9.17, 15) is 9.59 Å². The molecule has 0 fully saturated rings.